The third-order valence-corrected chi connectivity index (χ3v) is 3.99. The predicted molar refractivity (Wildman–Crippen MR) is 71.1 cm³/mol. The lowest BCUT2D eigenvalue weighted by Gasteiger charge is -2.07. The molecule has 0 atom stereocenters. The van der Waals surface area contributed by atoms with Crippen molar-refractivity contribution in [3.8, 4) is 0 Å². The summed E-state index contributed by atoms with van der Waals surface area (Å²) in [5.41, 5.74) is 1.78. The molecule has 0 aliphatic rings. The van der Waals surface area contributed by atoms with E-state index in [1.54, 1.807) is 18.2 Å². The third-order valence-electron chi connectivity index (χ3n) is 2.64. The molecule has 0 aliphatic heterocycles. The van der Waals surface area contributed by atoms with Gasteiger partial charge in [-0.2, -0.15) is 0 Å². The summed E-state index contributed by atoms with van der Waals surface area (Å²) in [6, 6.07) is 8.30. The fourth-order valence-corrected chi connectivity index (χ4v) is 2.79. The molecule has 2 N–H and O–H groups in total. The van der Waals surface area contributed by atoms with Gasteiger partial charge in [-0.25, -0.2) is 13.4 Å². The molecule has 7 heteroatoms. The van der Waals surface area contributed by atoms with Crippen LogP contribution in [0.25, 0.3) is 11.0 Å². The van der Waals surface area contributed by atoms with Crippen molar-refractivity contribution in [1.29, 1.82) is 0 Å². The molecular formula is C12H10N4O2S. The number of aromatic nitrogens is 3. The second-order valence-corrected chi connectivity index (χ2v) is 5.58. The maximum absolute atomic E-state index is 12.2. The van der Waals surface area contributed by atoms with Crippen molar-refractivity contribution in [2.24, 2.45) is 0 Å². The largest absolute Gasteiger partial charge is 0.345 e. The second-order valence-electron chi connectivity index (χ2n) is 3.90. The number of pyridine rings is 1. The van der Waals surface area contributed by atoms with Crippen LogP contribution in [0.1, 0.15) is 0 Å². The number of nitrogens with zero attached hydrogens (tertiary/aromatic N) is 2. The Hall–Kier alpha value is -2.41. The van der Waals surface area contributed by atoms with E-state index in [0.29, 0.717) is 11.2 Å². The van der Waals surface area contributed by atoms with Crippen LogP contribution in [-0.4, -0.2) is 23.4 Å². The maximum atomic E-state index is 12.2. The summed E-state index contributed by atoms with van der Waals surface area (Å²) in [6.45, 7) is 0. The molecule has 19 heavy (non-hydrogen) atoms. The van der Waals surface area contributed by atoms with Crippen LogP contribution >= 0.6 is 0 Å². The normalized spacial score (nSPS) is 11.6. The van der Waals surface area contributed by atoms with Gasteiger partial charge in [-0.1, -0.05) is 6.07 Å². The molecule has 0 radical (unpaired) electrons. The quantitative estimate of drug-likeness (QED) is 0.761. The van der Waals surface area contributed by atoms with E-state index in [-0.39, 0.29) is 4.90 Å². The van der Waals surface area contributed by atoms with Crippen LogP contribution in [0.5, 0.6) is 0 Å². The van der Waals surface area contributed by atoms with E-state index in [4.69, 9.17) is 0 Å². The molecule has 6 nitrogen and oxygen atoms in total. The minimum absolute atomic E-state index is 0.113. The first-order chi connectivity index (χ1) is 9.17. The molecule has 0 fully saturated rings. The van der Waals surface area contributed by atoms with Crippen molar-refractivity contribution in [3.63, 3.8) is 0 Å². The van der Waals surface area contributed by atoms with Gasteiger partial charge >= 0.3 is 0 Å². The molecule has 0 saturated heterocycles. The molecule has 3 rings (SSSR count). The Morgan fingerprint density at radius 1 is 1.16 bits per heavy atom. The summed E-state index contributed by atoms with van der Waals surface area (Å²) in [6.07, 6.45) is 4.34. The van der Waals surface area contributed by atoms with Crippen LogP contribution in [0.3, 0.4) is 0 Å². The van der Waals surface area contributed by atoms with Crippen LogP contribution in [0.15, 0.2) is 53.9 Å². The number of nitrogens with one attached hydrogen (secondary N) is 2. The van der Waals surface area contributed by atoms with E-state index in [2.05, 4.69) is 19.7 Å². The number of aromatic amines is 1. The van der Waals surface area contributed by atoms with Crippen LogP contribution < -0.4 is 4.72 Å². The van der Waals surface area contributed by atoms with Gasteiger partial charge in [-0.3, -0.25) is 9.71 Å². The minimum Gasteiger partial charge on any atom is -0.345 e. The highest BCUT2D eigenvalue weighted by molar-refractivity contribution is 7.92. The topological polar surface area (TPSA) is 87.7 Å². The maximum Gasteiger partial charge on any atom is 0.263 e. The SMILES string of the molecule is O=S(=O)(Nc1cccc2[nH]cnc12)c1cccnc1. The number of H-pyrrole nitrogens is 1. The Balaban J connectivity index is 2.04. The molecule has 0 spiro atoms. The molecule has 1 aromatic carbocycles. The van der Waals surface area contributed by atoms with E-state index < -0.39 is 10.0 Å². The van der Waals surface area contributed by atoms with Crippen molar-refractivity contribution in [3.05, 3.63) is 49.1 Å². The standard InChI is InChI=1S/C12H10N4O2S/c17-19(18,9-3-2-6-13-7-9)16-11-5-1-4-10-12(11)15-8-14-10/h1-8,16H,(H,14,15). The van der Waals surface area contributed by atoms with Gasteiger partial charge in [0, 0.05) is 12.4 Å². The van der Waals surface area contributed by atoms with Crippen molar-refractivity contribution < 1.29 is 8.42 Å². The number of para-hydroxylation sites is 1. The number of fused-ring (bicyclic) bond motifs is 1. The molecule has 0 bridgehead atoms. The smallest absolute Gasteiger partial charge is 0.263 e. The third kappa shape index (κ3) is 2.15. The summed E-state index contributed by atoms with van der Waals surface area (Å²) >= 11 is 0. The molecule has 0 unspecified atom stereocenters. The summed E-state index contributed by atoms with van der Waals surface area (Å²) in [5.74, 6) is 0. The van der Waals surface area contributed by atoms with Crippen molar-refractivity contribution in [2.75, 3.05) is 4.72 Å². The second kappa shape index (κ2) is 4.36. The van der Waals surface area contributed by atoms with E-state index in [1.165, 1.54) is 24.8 Å². The molecule has 2 heterocycles. The predicted octanol–water partition coefficient (Wildman–Crippen LogP) is 1.76. The van der Waals surface area contributed by atoms with E-state index in [1.807, 2.05) is 6.07 Å². The zero-order valence-electron chi connectivity index (χ0n) is 9.74. The Labute approximate surface area is 109 Å². The van der Waals surface area contributed by atoms with Gasteiger partial charge in [0.25, 0.3) is 10.0 Å². The first-order valence-electron chi connectivity index (χ1n) is 5.52. The zero-order chi connectivity index (χ0) is 13.3. The highest BCUT2D eigenvalue weighted by atomic mass is 32.2. The number of imidazole rings is 1. The average molecular weight is 274 g/mol. The van der Waals surface area contributed by atoms with Crippen molar-refractivity contribution in [1.82, 2.24) is 15.0 Å². The first-order valence-corrected chi connectivity index (χ1v) is 7.00. The number of rotatable bonds is 3. The van der Waals surface area contributed by atoms with Gasteiger partial charge < -0.3 is 4.98 Å². The number of hydrogen-bond donors (Lipinski definition) is 2. The number of hydrogen-bond acceptors (Lipinski definition) is 4. The van der Waals surface area contributed by atoms with Crippen LogP contribution in [-0.2, 0) is 10.0 Å². The fourth-order valence-electron chi connectivity index (χ4n) is 1.76. The van der Waals surface area contributed by atoms with Gasteiger partial charge in [0.1, 0.15) is 10.4 Å². The van der Waals surface area contributed by atoms with Crippen molar-refractivity contribution in [2.45, 2.75) is 4.90 Å². The van der Waals surface area contributed by atoms with Crippen LogP contribution in [0, 0.1) is 0 Å². The van der Waals surface area contributed by atoms with Gasteiger partial charge in [0.05, 0.1) is 17.5 Å². The van der Waals surface area contributed by atoms with E-state index in [0.717, 1.165) is 5.52 Å². The summed E-state index contributed by atoms with van der Waals surface area (Å²) in [7, 11) is -3.65. The zero-order valence-corrected chi connectivity index (χ0v) is 10.6. The molecule has 0 amide bonds. The summed E-state index contributed by atoms with van der Waals surface area (Å²) in [4.78, 5) is 10.9. The minimum atomic E-state index is -3.65. The molecule has 2 aromatic heterocycles. The Kier molecular flexibility index (Phi) is 2.68. The lowest BCUT2D eigenvalue weighted by molar-refractivity contribution is 0.601. The average Bonchev–Trinajstić information content (AvgIpc) is 2.89. The number of benzene rings is 1. The summed E-state index contributed by atoms with van der Waals surface area (Å²) < 4.78 is 26.9. The molecular weight excluding hydrogens is 264 g/mol. The van der Waals surface area contributed by atoms with Crippen LogP contribution in [0.2, 0.25) is 0 Å². The molecule has 0 saturated carbocycles. The molecule has 0 aliphatic carbocycles. The first kappa shape index (κ1) is 11.7. The summed E-state index contributed by atoms with van der Waals surface area (Å²) in [5, 5.41) is 0. The van der Waals surface area contributed by atoms with Gasteiger partial charge in [0.15, 0.2) is 0 Å². The fraction of sp³-hybridized carbons (Fsp3) is 0. The monoisotopic (exact) mass is 274 g/mol. The molecule has 3 aromatic rings. The van der Waals surface area contributed by atoms with E-state index >= 15 is 0 Å². The highest BCUT2D eigenvalue weighted by Crippen LogP contribution is 2.22. The van der Waals surface area contributed by atoms with Gasteiger partial charge in [-0.05, 0) is 24.3 Å². The Morgan fingerprint density at radius 3 is 2.84 bits per heavy atom. The lowest BCUT2D eigenvalue weighted by Crippen LogP contribution is -2.13. The Morgan fingerprint density at radius 2 is 2.05 bits per heavy atom. The van der Waals surface area contributed by atoms with Crippen molar-refractivity contribution >= 4 is 26.7 Å². The lowest BCUT2D eigenvalue weighted by atomic mass is 10.3. The van der Waals surface area contributed by atoms with Gasteiger partial charge in [0.2, 0.25) is 0 Å². The Bertz CT molecular complexity index is 812. The highest BCUT2D eigenvalue weighted by Gasteiger charge is 2.15. The van der Waals surface area contributed by atoms with Gasteiger partial charge in [-0.15, -0.1) is 0 Å². The number of anilines is 1. The molecule has 96 valence electrons. The van der Waals surface area contributed by atoms with Crippen LogP contribution in [0.4, 0.5) is 5.69 Å². The van der Waals surface area contributed by atoms with E-state index in [9.17, 15) is 8.42 Å². The number of sulfonamides is 1.